The van der Waals surface area contributed by atoms with Gasteiger partial charge < -0.3 is 0 Å². The highest BCUT2D eigenvalue weighted by Gasteiger charge is 2.43. The van der Waals surface area contributed by atoms with Gasteiger partial charge in [0.15, 0.2) is 0 Å². The molecular formula is C14H12Br2O18S6. The van der Waals surface area contributed by atoms with Gasteiger partial charge in [-0.05, 0) is 56.8 Å². The van der Waals surface area contributed by atoms with E-state index in [-0.39, 0.29) is 0 Å². The third kappa shape index (κ3) is 6.28. The van der Waals surface area contributed by atoms with Crippen molar-refractivity contribution in [3.8, 4) is 11.1 Å². The summed E-state index contributed by atoms with van der Waals surface area (Å²) in [6.07, 6.45) is 0. The Balaban J connectivity index is 3.93. The first-order chi connectivity index (χ1) is 17.4. The van der Waals surface area contributed by atoms with E-state index in [9.17, 15) is 77.8 Å². The molecule has 0 aliphatic rings. The van der Waals surface area contributed by atoms with Gasteiger partial charge in [-0.25, -0.2) is 0 Å². The number of benzene rings is 2. The van der Waals surface area contributed by atoms with Gasteiger partial charge in [0, 0.05) is 11.1 Å². The van der Waals surface area contributed by atoms with Crippen LogP contribution in [0.25, 0.3) is 11.1 Å². The Morgan fingerprint density at radius 1 is 0.375 bits per heavy atom. The first kappa shape index (κ1) is 35.1. The van der Waals surface area contributed by atoms with Gasteiger partial charge in [-0.15, -0.1) is 0 Å². The van der Waals surface area contributed by atoms with Gasteiger partial charge in [0.2, 0.25) is 0 Å². The normalized spacial score (nSPS) is 13.9. The first-order valence-corrected chi connectivity index (χ1v) is 19.2. The van der Waals surface area contributed by atoms with Crippen molar-refractivity contribution in [2.45, 2.75) is 43.2 Å². The Bertz CT molecular complexity index is 2010. The summed E-state index contributed by atoms with van der Waals surface area (Å²) >= 11 is 4.67. The Kier molecular flexibility index (Phi) is 8.98. The van der Waals surface area contributed by atoms with E-state index in [1.807, 2.05) is 0 Å². The molecule has 226 valence electrons. The van der Waals surface area contributed by atoms with E-state index in [1.165, 1.54) is 0 Å². The molecule has 2 aromatic carbocycles. The van der Waals surface area contributed by atoms with Gasteiger partial charge in [-0.2, -0.15) is 50.5 Å². The molecule has 0 aliphatic heterocycles. The number of hydrogen-bond acceptors (Lipinski definition) is 12. The zero-order valence-electron chi connectivity index (χ0n) is 18.8. The van der Waals surface area contributed by atoms with Crippen molar-refractivity contribution in [2.24, 2.45) is 0 Å². The number of rotatable bonds is 7. The lowest BCUT2D eigenvalue weighted by Gasteiger charge is -2.24. The van der Waals surface area contributed by atoms with Gasteiger partial charge in [0.25, 0.3) is 60.7 Å². The molecule has 26 heteroatoms. The second-order valence-corrected chi connectivity index (χ2v) is 17.2. The van der Waals surface area contributed by atoms with Crippen molar-refractivity contribution in [1.82, 2.24) is 0 Å². The van der Waals surface area contributed by atoms with Crippen LogP contribution in [0.5, 0.6) is 0 Å². The zero-order chi connectivity index (χ0) is 31.9. The van der Waals surface area contributed by atoms with Gasteiger partial charge in [-0.1, -0.05) is 0 Å². The summed E-state index contributed by atoms with van der Waals surface area (Å²) < 4.78 is 203. The molecule has 2 aromatic rings. The highest BCUT2D eigenvalue weighted by Crippen LogP contribution is 2.50. The van der Waals surface area contributed by atoms with Crippen molar-refractivity contribution < 1.29 is 77.8 Å². The SMILES string of the molecule is Cc1c(-c2c(C)c(S(=O)(=O)O)c(Br)c(S(=O)(=O)O)c2S(=O)(=O)O)c(S(=O)(=O)O)c(S(=O)(=O)O)c(Br)c1S(=O)(=O)O. The third-order valence-corrected chi connectivity index (χ3v) is 13.5. The minimum atomic E-state index is -6.15. The summed E-state index contributed by atoms with van der Waals surface area (Å²) in [5, 5.41) is 0. The maximum atomic E-state index is 12.5. The molecule has 18 nitrogen and oxygen atoms in total. The fourth-order valence-corrected chi connectivity index (χ4v) is 13.5. The molecule has 0 bridgehead atoms. The van der Waals surface area contributed by atoms with Crippen LogP contribution in [0.2, 0.25) is 0 Å². The molecule has 0 aromatic heterocycles. The molecule has 0 fully saturated rings. The first-order valence-electron chi connectivity index (χ1n) is 8.95. The fraction of sp³-hybridized carbons (Fsp3) is 0.143. The molecule has 2 rings (SSSR count). The molecule has 0 atom stereocenters. The van der Waals surface area contributed by atoms with E-state index in [0.29, 0.717) is 13.8 Å². The zero-order valence-corrected chi connectivity index (χ0v) is 26.9. The van der Waals surface area contributed by atoms with E-state index in [1.54, 1.807) is 0 Å². The summed E-state index contributed by atoms with van der Waals surface area (Å²) in [5.74, 6) is 0. The van der Waals surface area contributed by atoms with Crippen molar-refractivity contribution in [3.63, 3.8) is 0 Å². The number of halogens is 2. The summed E-state index contributed by atoms with van der Waals surface area (Å²) in [6.45, 7) is 1.00. The van der Waals surface area contributed by atoms with Crippen LogP contribution in [0.15, 0.2) is 38.3 Å². The predicted molar refractivity (Wildman–Crippen MR) is 136 cm³/mol. The fourth-order valence-electron chi connectivity index (χ4n) is 3.70. The van der Waals surface area contributed by atoms with Gasteiger partial charge in [-0.3, -0.25) is 27.3 Å². The van der Waals surface area contributed by atoms with E-state index in [4.69, 9.17) is 0 Å². The number of hydrogen-bond donors (Lipinski definition) is 6. The van der Waals surface area contributed by atoms with Crippen molar-refractivity contribution in [1.29, 1.82) is 0 Å². The summed E-state index contributed by atoms with van der Waals surface area (Å²) in [5.41, 5.74) is -6.05. The molecule has 6 N–H and O–H groups in total. The molecule has 0 aliphatic carbocycles. The van der Waals surface area contributed by atoms with Crippen molar-refractivity contribution in [2.75, 3.05) is 0 Å². The van der Waals surface area contributed by atoms with E-state index < -0.39 is 121 Å². The summed E-state index contributed by atoms with van der Waals surface area (Å²) in [6, 6.07) is 0. The minimum absolute atomic E-state index is 0.501. The van der Waals surface area contributed by atoms with Crippen LogP contribution < -0.4 is 0 Å². The molecule has 0 saturated carbocycles. The largest absolute Gasteiger partial charge is 0.297 e. The van der Waals surface area contributed by atoms with Crippen LogP contribution in [-0.4, -0.2) is 77.8 Å². The van der Waals surface area contributed by atoms with Crippen LogP contribution >= 0.6 is 31.9 Å². The van der Waals surface area contributed by atoms with Gasteiger partial charge in [0.05, 0.1) is 8.95 Å². The van der Waals surface area contributed by atoms with Crippen LogP contribution in [0.3, 0.4) is 0 Å². The molecule has 0 spiro atoms. The quantitative estimate of drug-likeness (QED) is 0.212. The van der Waals surface area contributed by atoms with E-state index >= 15 is 0 Å². The Labute approximate surface area is 243 Å². The maximum absolute atomic E-state index is 12.5. The van der Waals surface area contributed by atoms with Crippen LogP contribution in [0, 0.1) is 13.8 Å². The molecular weight excluding hydrogens is 808 g/mol. The lowest BCUT2D eigenvalue weighted by atomic mass is 9.96. The Morgan fingerprint density at radius 2 is 0.550 bits per heavy atom. The van der Waals surface area contributed by atoms with Gasteiger partial charge in [0.1, 0.15) is 29.4 Å². The molecule has 0 heterocycles. The summed E-state index contributed by atoms with van der Waals surface area (Å²) in [4.78, 5) is -11.8. The van der Waals surface area contributed by atoms with Gasteiger partial charge >= 0.3 is 0 Å². The van der Waals surface area contributed by atoms with Crippen LogP contribution in [0.1, 0.15) is 11.1 Å². The predicted octanol–water partition coefficient (Wildman–Crippen LogP) is 0.976. The van der Waals surface area contributed by atoms with Crippen molar-refractivity contribution >= 4 is 92.6 Å². The molecule has 0 saturated heterocycles. The lowest BCUT2D eigenvalue weighted by Crippen LogP contribution is -2.20. The average Bonchev–Trinajstić information content (AvgIpc) is 2.61. The standard InChI is InChI=1S/C14H12Br2O18S6/c1-3-5(11(37(23,24)25)13(39(29,30)31)7(15)9(3)35(17,18)19)6-4(2)10(36(20,21)22)8(16)14(40(32,33)34)12(6)38(26,27)28/h1-2H3,(H,17,18,19)(H,20,21,22)(H,23,24,25)(H,26,27,28)(H,29,30,31)(H,32,33,34). The molecule has 0 radical (unpaired) electrons. The second kappa shape index (κ2) is 10.2. The van der Waals surface area contributed by atoms with E-state index in [2.05, 4.69) is 31.9 Å². The van der Waals surface area contributed by atoms with E-state index in [0.717, 1.165) is 0 Å². The molecule has 0 amide bonds. The summed E-state index contributed by atoms with van der Waals surface area (Å²) in [7, 11) is -35.9. The smallest absolute Gasteiger partial charge is 0.282 e. The van der Waals surface area contributed by atoms with Crippen molar-refractivity contribution in [3.05, 3.63) is 20.1 Å². The topological polar surface area (TPSA) is 326 Å². The Hall–Kier alpha value is -1.14. The lowest BCUT2D eigenvalue weighted by molar-refractivity contribution is 0.461. The van der Waals surface area contributed by atoms with Crippen LogP contribution in [0.4, 0.5) is 0 Å². The highest BCUT2D eigenvalue weighted by atomic mass is 79.9. The minimum Gasteiger partial charge on any atom is -0.282 e. The highest BCUT2D eigenvalue weighted by molar-refractivity contribution is 9.10. The average molecular weight is 820 g/mol. The maximum Gasteiger partial charge on any atom is 0.297 e. The monoisotopic (exact) mass is 818 g/mol. The molecule has 40 heavy (non-hydrogen) atoms. The van der Waals surface area contributed by atoms with Crippen LogP contribution in [-0.2, 0) is 60.7 Å². The third-order valence-electron chi connectivity index (χ3n) is 4.89. The second-order valence-electron chi connectivity index (χ2n) is 7.45. The Morgan fingerprint density at radius 3 is 0.700 bits per heavy atom. The molecule has 0 unspecified atom stereocenters.